The van der Waals surface area contributed by atoms with E-state index in [1.165, 1.54) is 64.2 Å². The number of carbonyl (C=O) groups is 3. The molecule has 0 radical (unpaired) electrons. The van der Waals surface area contributed by atoms with Crippen molar-refractivity contribution in [2.45, 2.75) is 271 Å². The van der Waals surface area contributed by atoms with Gasteiger partial charge in [-0.3, -0.25) is 14.4 Å². The number of unbranched alkanes of at least 4 members (excludes halogenated alkanes) is 18. The van der Waals surface area contributed by atoms with Crippen molar-refractivity contribution < 1.29 is 28.6 Å². The summed E-state index contributed by atoms with van der Waals surface area (Å²) in [5.74, 6) is -1.00. The Bertz CT molecular complexity index is 1860. The maximum Gasteiger partial charge on any atom is 0.306 e. The number of carbonyl (C=O) groups excluding carboxylic acids is 3. The van der Waals surface area contributed by atoms with Gasteiger partial charge in [-0.25, -0.2) is 0 Å². The molecular formula is C75H118O6. The first-order valence-corrected chi connectivity index (χ1v) is 32.6. The van der Waals surface area contributed by atoms with Crippen LogP contribution < -0.4 is 0 Å². The Labute approximate surface area is 498 Å². The van der Waals surface area contributed by atoms with Gasteiger partial charge in [0.05, 0.1) is 0 Å². The van der Waals surface area contributed by atoms with Crippen molar-refractivity contribution in [1.29, 1.82) is 0 Å². The lowest BCUT2D eigenvalue weighted by Gasteiger charge is -2.18. The molecule has 1 atom stereocenters. The largest absolute Gasteiger partial charge is 0.462 e. The van der Waals surface area contributed by atoms with E-state index in [0.717, 1.165) is 154 Å². The lowest BCUT2D eigenvalue weighted by atomic mass is 10.1. The maximum atomic E-state index is 12.9. The van der Waals surface area contributed by atoms with Crippen molar-refractivity contribution in [3.05, 3.63) is 170 Å². The highest BCUT2D eigenvalue weighted by Gasteiger charge is 2.19. The lowest BCUT2D eigenvalue weighted by molar-refractivity contribution is -0.167. The molecule has 0 aromatic heterocycles. The first-order valence-electron chi connectivity index (χ1n) is 32.6. The summed E-state index contributed by atoms with van der Waals surface area (Å²) in [5.41, 5.74) is 0. The molecule has 6 heteroatoms. The van der Waals surface area contributed by atoms with Crippen LogP contribution in [-0.4, -0.2) is 37.2 Å². The van der Waals surface area contributed by atoms with Crippen LogP contribution in [0.5, 0.6) is 0 Å². The van der Waals surface area contributed by atoms with Gasteiger partial charge in [0.25, 0.3) is 0 Å². The van der Waals surface area contributed by atoms with Crippen LogP contribution in [0.1, 0.15) is 265 Å². The highest BCUT2D eigenvalue weighted by atomic mass is 16.6. The lowest BCUT2D eigenvalue weighted by Crippen LogP contribution is -2.30. The Hall–Kier alpha value is -5.23. The normalized spacial score (nSPS) is 13.3. The van der Waals surface area contributed by atoms with Crippen LogP contribution in [0.4, 0.5) is 0 Å². The van der Waals surface area contributed by atoms with Gasteiger partial charge in [0.15, 0.2) is 6.10 Å². The molecule has 0 saturated carbocycles. The zero-order chi connectivity index (χ0) is 58.5. The molecule has 1 unspecified atom stereocenters. The van der Waals surface area contributed by atoms with E-state index in [1.807, 2.05) is 0 Å². The fraction of sp³-hybridized carbons (Fsp3) is 0.587. The van der Waals surface area contributed by atoms with Gasteiger partial charge in [-0.05, 0) is 148 Å². The second-order valence-corrected chi connectivity index (χ2v) is 20.9. The summed E-state index contributed by atoms with van der Waals surface area (Å²) in [6.45, 7) is 6.33. The van der Waals surface area contributed by atoms with Crippen molar-refractivity contribution in [3.63, 3.8) is 0 Å². The van der Waals surface area contributed by atoms with Gasteiger partial charge in [-0.2, -0.15) is 0 Å². The molecule has 0 fully saturated rings. The maximum absolute atomic E-state index is 12.9. The van der Waals surface area contributed by atoms with Crippen molar-refractivity contribution in [2.75, 3.05) is 13.2 Å². The Morgan fingerprint density at radius 1 is 0.259 bits per heavy atom. The Balaban J connectivity index is 4.44. The van der Waals surface area contributed by atoms with Gasteiger partial charge in [-0.1, -0.05) is 268 Å². The molecule has 0 N–H and O–H groups in total. The second kappa shape index (κ2) is 67.3. The standard InChI is InChI=1S/C75H118O6/c1-4-7-10-13-16-19-22-25-28-30-31-32-33-34-35-36-37-38-39-40-41-42-43-45-47-50-53-56-59-62-65-68-74(77)80-71-72(70-79-73(76)67-64-61-58-55-52-49-46-27-24-21-18-15-12-9-6-3)81-75(78)69-66-63-60-57-54-51-48-44-29-26-23-20-17-14-11-8-5-2/h7-8,10-11,16-17,19-20,25-29,31-32,34-35,37-38,40-41,43,45-46,48,51,57,60,72H,4-6,9,12-15,18,21-24,30,33,36,39,42,44,47,49-50,52-56,58-59,61-71H2,1-3H3/b10-7-,11-8-,19-16-,20-17-,28-25-,29-26-,32-31-,35-34-,38-37-,41-40-,45-43-,46-27-,51-48-,60-57-. The summed E-state index contributed by atoms with van der Waals surface area (Å²) in [5, 5.41) is 0. The van der Waals surface area contributed by atoms with Crippen LogP contribution in [0, 0.1) is 0 Å². The van der Waals surface area contributed by atoms with Crippen LogP contribution >= 0.6 is 0 Å². The summed E-state index contributed by atoms with van der Waals surface area (Å²) in [4.78, 5) is 38.3. The zero-order valence-electron chi connectivity index (χ0n) is 52.0. The summed E-state index contributed by atoms with van der Waals surface area (Å²) < 4.78 is 16.8. The number of allylic oxidation sites excluding steroid dienone is 28. The Kier molecular flexibility index (Phi) is 62.9. The molecule has 0 saturated heterocycles. The van der Waals surface area contributed by atoms with Gasteiger partial charge >= 0.3 is 17.9 Å². The molecule has 0 aliphatic carbocycles. The monoisotopic (exact) mass is 1110 g/mol. The number of esters is 3. The van der Waals surface area contributed by atoms with Gasteiger partial charge in [0.2, 0.25) is 0 Å². The molecule has 0 amide bonds. The minimum atomic E-state index is -0.827. The van der Waals surface area contributed by atoms with Gasteiger partial charge < -0.3 is 14.2 Å². The number of rotatable bonds is 57. The molecule has 0 aliphatic heterocycles. The molecule has 0 rings (SSSR count). The molecule has 0 bridgehead atoms. The van der Waals surface area contributed by atoms with Gasteiger partial charge in [0.1, 0.15) is 13.2 Å². The fourth-order valence-electron chi connectivity index (χ4n) is 8.37. The molecule has 6 nitrogen and oxygen atoms in total. The van der Waals surface area contributed by atoms with Crippen LogP contribution in [0.3, 0.4) is 0 Å². The van der Waals surface area contributed by atoms with E-state index < -0.39 is 6.10 Å². The van der Waals surface area contributed by atoms with E-state index >= 15 is 0 Å². The van der Waals surface area contributed by atoms with E-state index in [4.69, 9.17) is 14.2 Å². The third-order valence-electron chi connectivity index (χ3n) is 13.2. The predicted molar refractivity (Wildman–Crippen MR) is 352 cm³/mol. The quantitative estimate of drug-likeness (QED) is 0.0261. The summed E-state index contributed by atoms with van der Waals surface area (Å²) in [6, 6.07) is 0. The van der Waals surface area contributed by atoms with E-state index in [-0.39, 0.29) is 37.5 Å². The predicted octanol–water partition coefficient (Wildman–Crippen LogP) is 22.7. The highest BCUT2D eigenvalue weighted by Crippen LogP contribution is 2.14. The summed E-state index contributed by atoms with van der Waals surface area (Å²) in [6.07, 6.45) is 99.4. The minimum absolute atomic E-state index is 0.116. The second-order valence-electron chi connectivity index (χ2n) is 20.9. The van der Waals surface area contributed by atoms with Crippen LogP contribution in [0.25, 0.3) is 0 Å². The van der Waals surface area contributed by atoms with Gasteiger partial charge in [0, 0.05) is 19.3 Å². The molecule has 0 heterocycles. The number of hydrogen-bond acceptors (Lipinski definition) is 6. The van der Waals surface area contributed by atoms with E-state index in [1.54, 1.807) is 0 Å². The van der Waals surface area contributed by atoms with Crippen molar-refractivity contribution in [1.82, 2.24) is 0 Å². The molecule has 0 aromatic carbocycles. The minimum Gasteiger partial charge on any atom is -0.462 e. The van der Waals surface area contributed by atoms with E-state index in [9.17, 15) is 14.4 Å². The van der Waals surface area contributed by atoms with Crippen LogP contribution in [0.2, 0.25) is 0 Å². The molecule has 81 heavy (non-hydrogen) atoms. The Morgan fingerprint density at radius 2 is 0.494 bits per heavy atom. The van der Waals surface area contributed by atoms with Crippen molar-refractivity contribution in [3.8, 4) is 0 Å². The molecule has 454 valence electrons. The van der Waals surface area contributed by atoms with E-state index in [0.29, 0.717) is 19.3 Å². The average Bonchev–Trinajstić information content (AvgIpc) is 3.47. The zero-order valence-corrected chi connectivity index (χ0v) is 52.0. The third-order valence-corrected chi connectivity index (χ3v) is 13.2. The highest BCUT2D eigenvalue weighted by molar-refractivity contribution is 5.71. The molecular weight excluding hydrogens is 997 g/mol. The fourth-order valence-corrected chi connectivity index (χ4v) is 8.37. The summed E-state index contributed by atoms with van der Waals surface area (Å²) >= 11 is 0. The SMILES string of the molecule is CC/C=C\C/C=C\C/C=C\C/C=C\C/C=C\C/C=C\C/C=C\C/C=C\CCCCCCCCC(=O)OCC(COC(=O)CCCCCCC/C=C\CCCCCCCC)OC(=O)CCC/C=C\C/C=C\C/C=C\C/C=C\C/C=C\CC. The van der Waals surface area contributed by atoms with Gasteiger partial charge in [-0.15, -0.1) is 0 Å². The number of hydrogen-bond donors (Lipinski definition) is 0. The van der Waals surface area contributed by atoms with Crippen LogP contribution in [-0.2, 0) is 28.6 Å². The summed E-state index contributed by atoms with van der Waals surface area (Å²) in [7, 11) is 0. The van der Waals surface area contributed by atoms with Crippen molar-refractivity contribution in [2.24, 2.45) is 0 Å². The smallest absolute Gasteiger partial charge is 0.306 e. The first kappa shape index (κ1) is 75.8. The van der Waals surface area contributed by atoms with E-state index in [2.05, 4.69) is 191 Å². The molecule has 0 aromatic rings. The van der Waals surface area contributed by atoms with Crippen LogP contribution in [0.15, 0.2) is 170 Å². The first-order chi connectivity index (χ1) is 40.0. The third kappa shape index (κ3) is 65.5. The molecule has 0 aliphatic rings. The average molecular weight is 1120 g/mol. The van der Waals surface area contributed by atoms with Crippen molar-refractivity contribution >= 4 is 17.9 Å². The topological polar surface area (TPSA) is 78.9 Å². The Morgan fingerprint density at radius 3 is 0.802 bits per heavy atom. The number of ether oxygens (including phenoxy) is 3. The molecule has 0 spiro atoms.